The van der Waals surface area contributed by atoms with Crippen molar-refractivity contribution in [3.8, 4) is 0 Å². The van der Waals surface area contributed by atoms with E-state index < -0.39 is 0 Å². The van der Waals surface area contributed by atoms with Crippen molar-refractivity contribution in [2.24, 2.45) is 5.92 Å². The van der Waals surface area contributed by atoms with Gasteiger partial charge in [0.2, 0.25) is 0 Å². The highest BCUT2D eigenvalue weighted by atomic mass is 16.6. The van der Waals surface area contributed by atoms with E-state index in [1.165, 1.54) is 25.9 Å². The molecule has 4 heteroatoms. The van der Waals surface area contributed by atoms with Crippen LogP contribution in [0, 0.1) is 5.92 Å². The molecule has 0 aliphatic carbocycles. The van der Waals surface area contributed by atoms with Crippen LogP contribution in [0.25, 0.3) is 0 Å². The first-order valence-electron chi connectivity index (χ1n) is 7.47. The maximum Gasteiger partial charge on any atom is 0.408 e. The fourth-order valence-electron chi connectivity index (χ4n) is 3.27. The molecule has 0 saturated carbocycles. The summed E-state index contributed by atoms with van der Waals surface area (Å²) < 4.78 is 5.48. The van der Waals surface area contributed by atoms with Crippen LogP contribution in [0.3, 0.4) is 0 Å². The summed E-state index contributed by atoms with van der Waals surface area (Å²) in [6, 6.07) is 10.1. The molecule has 0 unspecified atom stereocenters. The number of carbonyl (C=O) groups is 1. The highest BCUT2D eigenvalue weighted by Crippen LogP contribution is 2.27. The van der Waals surface area contributed by atoms with Crippen LogP contribution < -0.4 is 5.32 Å². The molecule has 108 valence electrons. The van der Waals surface area contributed by atoms with Gasteiger partial charge in [-0.05, 0) is 44.3 Å². The van der Waals surface area contributed by atoms with Crippen LogP contribution in [0.2, 0.25) is 0 Å². The Balaban J connectivity index is 1.52. The maximum atomic E-state index is 12.0. The molecule has 2 atom stereocenters. The summed E-state index contributed by atoms with van der Waals surface area (Å²) in [5.41, 5.74) is 1.02. The quantitative estimate of drug-likeness (QED) is 0.921. The zero-order valence-electron chi connectivity index (χ0n) is 11.9. The summed E-state index contributed by atoms with van der Waals surface area (Å²) >= 11 is 0. The number of rotatable bonds is 3. The molecular weight excluding hydrogens is 252 g/mol. The predicted molar refractivity (Wildman–Crippen MR) is 77.4 cm³/mol. The normalized spacial score (nSPS) is 29.8. The fraction of sp³-hybridized carbons (Fsp3) is 0.562. The Labute approximate surface area is 120 Å². The molecule has 0 spiro atoms. The lowest BCUT2D eigenvalue weighted by Crippen LogP contribution is -2.57. The van der Waals surface area contributed by atoms with Crippen molar-refractivity contribution < 1.29 is 9.53 Å². The van der Waals surface area contributed by atoms with Gasteiger partial charge in [-0.15, -0.1) is 0 Å². The number of nitrogens with one attached hydrogen (secondary N) is 1. The molecule has 3 heterocycles. The van der Waals surface area contributed by atoms with Gasteiger partial charge in [0.15, 0.2) is 0 Å². The molecule has 3 aliphatic heterocycles. The van der Waals surface area contributed by atoms with Crippen LogP contribution in [0.4, 0.5) is 4.79 Å². The third kappa shape index (κ3) is 2.96. The SMILES string of the molecule is C[C@H](OC(=O)N[C@@H]1CN2CCC1CC2)c1ccccc1. The number of alkyl carbamates (subject to hydrolysis) is 1. The van der Waals surface area contributed by atoms with Crippen molar-refractivity contribution in [2.75, 3.05) is 19.6 Å². The van der Waals surface area contributed by atoms with Gasteiger partial charge in [0.1, 0.15) is 6.10 Å². The number of amides is 1. The molecule has 0 radical (unpaired) electrons. The Morgan fingerprint density at radius 3 is 2.60 bits per heavy atom. The van der Waals surface area contributed by atoms with Crippen molar-refractivity contribution in [3.63, 3.8) is 0 Å². The Bertz CT molecular complexity index is 455. The van der Waals surface area contributed by atoms with E-state index in [0.717, 1.165) is 12.1 Å². The van der Waals surface area contributed by atoms with E-state index in [2.05, 4.69) is 10.2 Å². The molecule has 3 aliphatic rings. The van der Waals surface area contributed by atoms with Crippen molar-refractivity contribution in [3.05, 3.63) is 35.9 Å². The van der Waals surface area contributed by atoms with Crippen LogP contribution in [-0.2, 0) is 4.74 Å². The standard InChI is InChI=1S/C16H22N2O2/c1-12(13-5-3-2-4-6-13)20-16(19)17-15-11-18-9-7-14(15)8-10-18/h2-6,12,14-15H,7-11H2,1H3,(H,17,19)/t12-,15+/m0/s1. The number of ether oxygens (including phenoxy) is 1. The summed E-state index contributed by atoms with van der Waals surface area (Å²) in [6.45, 7) is 5.24. The molecule has 3 fully saturated rings. The van der Waals surface area contributed by atoms with Gasteiger partial charge in [0, 0.05) is 12.6 Å². The van der Waals surface area contributed by atoms with Gasteiger partial charge in [0.05, 0.1) is 0 Å². The van der Waals surface area contributed by atoms with Crippen LogP contribution in [0.1, 0.15) is 31.4 Å². The number of hydrogen-bond donors (Lipinski definition) is 1. The third-order valence-corrected chi connectivity index (χ3v) is 4.51. The lowest BCUT2D eigenvalue weighted by Gasteiger charge is -2.44. The number of hydrogen-bond acceptors (Lipinski definition) is 3. The summed E-state index contributed by atoms with van der Waals surface area (Å²) in [7, 11) is 0. The van der Waals surface area contributed by atoms with E-state index in [1.807, 2.05) is 37.3 Å². The molecule has 1 N–H and O–H groups in total. The molecule has 20 heavy (non-hydrogen) atoms. The minimum absolute atomic E-state index is 0.211. The lowest BCUT2D eigenvalue weighted by atomic mass is 9.84. The minimum atomic E-state index is -0.292. The molecule has 3 saturated heterocycles. The first-order valence-corrected chi connectivity index (χ1v) is 7.47. The number of fused-ring (bicyclic) bond motifs is 3. The van der Waals surface area contributed by atoms with E-state index >= 15 is 0 Å². The Hall–Kier alpha value is -1.55. The third-order valence-electron chi connectivity index (χ3n) is 4.51. The average Bonchev–Trinajstić information content (AvgIpc) is 2.49. The second-order valence-corrected chi connectivity index (χ2v) is 5.85. The first-order chi connectivity index (χ1) is 9.72. The zero-order valence-corrected chi connectivity index (χ0v) is 11.9. The van der Waals surface area contributed by atoms with Crippen LogP contribution >= 0.6 is 0 Å². The van der Waals surface area contributed by atoms with Crippen LogP contribution in [0.15, 0.2) is 30.3 Å². The van der Waals surface area contributed by atoms with Crippen molar-refractivity contribution in [1.82, 2.24) is 10.2 Å². The molecule has 2 bridgehead atoms. The van der Waals surface area contributed by atoms with Crippen LogP contribution in [-0.4, -0.2) is 36.7 Å². The van der Waals surface area contributed by atoms with Gasteiger partial charge < -0.3 is 15.0 Å². The van der Waals surface area contributed by atoms with Gasteiger partial charge in [-0.2, -0.15) is 0 Å². The monoisotopic (exact) mass is 274 g/mol. The summed E-state index contributed by atoms with van der Waals surface area (Å²) in [5.74, 6) is 0.625. The van der Waals surface area contributed by atoms with Gasteiger partial charge in [0.25, 0.3) is 0 Å². The molecule has 4 rings (SSSR count). The second kappa shape index (κ2) is 5.83. The highest BCUT2D eigenvalue weighted by molar-refractivity contribution is 5.68. The number of nitrogens with zero attached hydrogens (tertiary/aromatic N) is 1. The molecule has 1 amide bonds. The summed E-state index contributed by atoms with van der Waals surface area (Å²) in [6.07, 6.45) is 1.88. The maximum absolute atomic E-state index is 12.0. The molecule has 1 aromatic rings. The highest BCUT2D eigenvalue weighted by Gasteiger charge is 2.35. The number of carbonyl (C=O) groups excluding carboxylic acids is 1. The Morgan fingerprint density at radius 2 is 2.00 bits per heavy atom. The van der Waals surface area contributed by atoms with E-state index in [4.69, 9.17) is 4.74 Å². The summed E-state index contributed by atoms with van der Waals surface area (Å²) in [4.78, 5) is 14.4. The Morgan fingerprint density at radius 1 is 1.30 bits per heavy atom. The number of piperidine rings is 3. The predicted octanol–water partition coefficient (Wildman–Crippen LogP) is 2.57. The van der Waals surface area contributed by atoms with Crippen LogP contribution in [0.5, 0.6) is 0 Å². The van der Waals surface area contributed by atoms with Gasteiger partial charge in [-0.25, -0.2) is 4.79 Å². The van der Waals surface area contributed by atoms with Gasteiger partial charge >= 0.3 is 6.09 Å². The first kappa shape index (κ1) is 13.4. The van der Waals surface area contributed by atoms with Gasteiger partial charge in [-0.1, -0.05) is 30.3 Å². The molecule has 0 aromatic heterocycles. The fourth-order valence-corrected chi connectivity index (χ4v) is 3.27. The van der Waals surface area contributed by atoms with Crippen molar-refractivity contribution in [2.45, 2.75) is 31.9 Å². The topological polar surface area (TPSA) is 41.6 Å². The molecule has 1 aromatic carbocycles. The largest absolute Gasteiger partial charge is 0.442 e. The average molecular weight is 274 g/mol. The lowest BCUT2D eigenvalue weighted by molar-refractivity contribution is 0.0568. The zero-order chi connectivity index (χ0) is 13.9. The number of benzene rings is 1. The minimum Gasteiger partial charge on any atom is -0.442 e. The second-order valence-electron chi connectivity index (χ2n) is 5.85. The van der Waals surface area contributed by atoms with Crippen molar-refractivity contribution >= 4 is 6.09 Å². The Kier molecular flexibility index (Phi) is 3.92. The van der Waals surface area contributed by atoms with E-state index in [9.17, 15) is 4.79 Å². The van der Waals surface area contributed by atoms with E-state index in [0.29, 0.717) is 5.92 Å². The van der Waals surface area contributed by atoms with E-state index in [-0.39, 0.29) is 18.2 Å². The van der Waals surface area contributed by atoms with E-state index in [1.54, 1.807) is 0 Å². The molecular formula is C16H22N2O2. The summed E-state index contributed by atoms with van der Waals surface area (Å²) in [5, 5.41) is 3.05. The van der Waals surface area contributed by atoms with Crippen molar-refractivity contribution in [1.29, 1.82) is 0 Å². The molecule has 4 nitrogen and oxygen atoms in total. The smallest absolute Gasteiger partial charge is 0.408 e. The van der Waals surface area contributed by atoms with Gasteiger partial charge in [-0.3, -0.25) is 0 Å².